The lowest BCUT2D eigenvalue weighted by Crippen LogP contribution is -2.13. The van der Waals surface area contributed by atoms with Gasteiger partial charge >= 0.3 is 0 Å². The van der Waals surface area contributed by atoms with E-state index in [9.17, 15) is 0 Å². The second-order valence-corrected chi connectivity index (χ2v) is 24.5. The van der Waals surface area contributed by atoms with E-state index in [1.165, 1.54) is 219 Å². The fourth-order valence-corrected chi connectivity index (χ4v) is 16.0. The number of hydrogen-bond acceptors (Lipinski definition) is 2. The standard InChI is InChI=1S/C80H66N4/c1-51-21-19-35-69(75(51)57-27-11-5-12-28-57)81(59-41-37-55(38-42-59)53-23-7-3-8-24-53)71-47-45-61-65-49-74-66(50-73(65)83-67-33-17-15-31-63(67)77(71)79(61)83)62-46-48-72(78-64-32-16-18-34-68(64)84(74)80(62)78)82(60-43-39-56(40-44-60)54-25-9-4-10-26-54)70-36-20-22-52(2)76(70)58-29-13-6-14-30-58/h5-6,11-22,27-50,53-54H,3-4,7-10,23-26H2,1-2H3. The van der Waals surface area contributed by atoms with Crippen molar-refractivity contribution in [1.29, 1.82) is 0 Å². The van der Waals surface area contributed by atoms with Gasteiger partial charge in [0.2, 0.25) is 0 Å². The molecule has 2 fully saturated rings. The molecule has 11 aromatic carbocycles. The molecule has 0 saturated heterocycles. The van der Waals surface area contributed by atoms with Crippen molar-refractivity contribution >= 4 is 110 Å². The summed E-state index contributed by atoms with van der Waals surface area (Å²) < 4.78 is 5.19. The molecule has 0 aliphatic heterocycles. The number of anilines is 6. The molecule has 4 nitrogen and oxygen atoms in total. The van der Waals surface area contributed by atoms with Gasteiger partial charge in [0, 0.05) is 65.6 Å². The third-order valence-corrected chi connectivity index (χ3v) is 19.8. The van der Waals surface area contributed by atoms with Crippen LogP contribution in [0.25, 0.3) is 98.4 Å². The first-order chi connectivity index (χ1) is 41.6. The Balaban J connectivity index is 0.905. The van der Waals surface area contributed by atoms with Crippen molar-refractivity contribution in [2.75, 3.05) is 9.80 Å². The normalized spacial score (nSPS) is 14.7. The van der Waals surface area contributed by atoms with Crippen LogP contribution >= 0.6 is 0 Å². The minimum atomic E-state index is 0.628. The highest BCUT2D eigenvalue weighted by Gasteiger charge is 2.30. The van der Waals surface area contributed by atoms with Crippen LogP contribution in [0.15, 0.2) is 231 Å². The van der Waals surface area contributed by atoms with Crippen molar-refractivity contribution in [3.8, 4) is 22.3 Å². The van der Waals surface area contributed by atoms with E-state index in [2.05, 4.69) is 263 Å². The van der Waals surface area contributed by atoms with Crippen LogP contribution in [0.4, 0.5) is 34.1 Å². The summed E-state index contributed by atoms with van der Waals surface area (Å²) in [5, 5.41) is 10.1. The quantitative estimate of drug-likeness (QED) is 0.136. The highest BCUT2D eigenvalue weighted by molar-refractivity contribution is 6.32. The van der Waals surface area contributed by atoms with E-state index >= 15 is 0 Å². The molecule has 0 amide bonds. The highest BCUT2D eigenvalue weighted by atomic mass is 15.2. The summed E-state index contributed by atoms with van der Waals surface area (Å²) in [6, 6.07) is 88.1. The molecule has 0 bridgehead atoms. The molecule has 2 saturated carbocycles. The highest BCUT2D eigenvalue weighted by Crippen LogP contribution is 2.54. The van der Waals surface area contributed by atoms with Gasteiger partial charge in [-0.15, -0.1) is 0 Å². The molecule has 17 rings (SSSR count). The molecule has 0 radical (unpaired) electrons. The van der Waals surface area contributed by atoms with Crippen molar-refractivity contribution in [3.63, 3.8) is 0 Å². The van der Waals surface area contributed by atoms with E-state index < -0.39 is 0 Å². The van der Waals surface area contributed by atoms with Crippen LogP contribution in [0.1, 0.15) is 98.3 Å². The SMILES string of the molecule is Cc1cccc(N(c2ccc(C3CCCCC3)cc2)c2ccc3c4cc5c(cc4n4c6ccccc6c2c34)c2ccc(N(c3ccc(C4CCCCC4)cc3)c3cccc(C)c3-c3ccccc3)c3c4ccccc4n5c23)c1-c1ccccc1. The number of rotatable bonds is 10. The Morgan fingerprint density at radius 2 is 0.702 bits per heavy atom. The number of aryl methyl sites for hydroxylation is 2. The van der Waals surface area contributed by atoms with Gasteiger partial charge in [-0.3, -0.25) is 0 Å². The summed E-state index contributed by atoms with van der Waals surface area (Å²) in [7, 11) is 0. The van der Waals surface area contributed by atoms with Gasteiger partial charge in [-0.1, -0.05) is 196 Å². The van der Waals surface area contributed by atoms with Crippen molar-refractivity contribution in [1.82, 2.24) is 8.80 Å². The van der Waals surface area contributed by atoms with Crippen LogP contribution in [0.2, 0.25) is 0 Å². The fraction of sp³-hybridized carbons (Fsp3) is 0.175. The Morgan fingerprint density at radius 3 is 1.12 bits per heavy atom. The molecule has 0 atom stereocenters. The first-order valence-electron chi connectivity index (χ1n) is 31.0. The Bertz CT molecular complexity index is 4660. The van der Waals surface area contributed by atoms with Crippen molar-refractivity contribution in [2.24, 2.45) is 0 Å². The zero-order valence-electron chi connectivity index (χ0n) is 48.0. The zero-order valence-corrected chi connectivity index (χ0v) is 48.0. The Labute approximate surface area is 491 Å². The number of nitrogens with zero attached hydrogens (tertiary/aromatic N) is 4. The number of fused-ring (bicyclic) bond motifs is 12. The van der Waals surface area contributed by atoms with E-state index in [-0.39, 0.29) is 0 Å². The average molecular weight is 1080 g/mol. The summed E-state index contributed by atoms with van der Waals surface area (Å²) in [5.41, 5.74) is 24.9. The third-order valence-electron chi connectivity index (χ3n) is 19.8. The predicted octanol–water partition coefficient (Wildman–Crippen LogP) is 23.0. The summed E-state index contributed by atoms with van der Waals surface area (Å²) in [5.74, 6) is 1.26. The smallest absolute Gasteiger partial charge is 0.0641 e. The van der Waals surface area contributed by atoms with E-state index in [1.807, 2.05) is 0 Å². The number of aromatic nitrogens is 2. The molecular formula is C80H66N4. The van der Waals surface area contributed by atoms with E-state index in [4.69, 9.17) is 0 Å². The summed E-state index contributed by atoms with van der Waals surface area (Å²) in [4.78, 5) is 5.15. The Hall–Kier alpha value is -9.38. The van der Waals surface area contributed by atoms with Crippen LogP contribution in [0, 0.1) is 13.8 Å². The molecule has 15 aromatic rings. The Kier molecular flexibility index (Phi) is 11.5. The maximum atomic E-state index is 2.59. The van der Waals surface area contributed by atoms with Gasteiger partial charge in [0.25, 0.3) is 0 Å². The van der Waals surface area contributed by atoms with Crippen molar-refractivity contribution in [2.45, 2.75) is 89.9 Å². The van der Waals surface area contributed by atoms with Crippen LogP contribution in [-0.4, -0.2) is 8.80 Å². The first-order valence-corrected chi connectivity index (χ1v) is 31.0. The van der Waals surface area contributed by atoms with E-state index in [0.717, 1.165) is 0 Å². The maximum absolute atomic E-state index is 2.59. The molecule has 2 aliphatic rings. The monoisotopic (exact) mass is 1080 g/mol. The molecule has 84 heavy (non-hydrogen) atoms. The third kappa shape index (κ3) is 7.52. The van der Waals surface area contributed by atoms with Crippen LogP contribution in [0.3, 0.4) is 0 Å². The molecule has 4 heteroatoms. The second-order valence-electron chi connectivity index (χ2n) is 24.5. The van der Waals surface area contributed by atoms with E-state index in [1.54, 1.807) is 0 Å². The van der Waals surface area contributed by atoms with Gasteiger partial charge in [-0.05, 0) is 158 Å². The van der Waals surface area contributed by atoms with Crippen molar-refractivity contribution < 1.29 is 0 Å². The van der Waals surface area contributed by atoms with Gasteiger partial charge in [-0.2, -0.15) is 0 Å². The Morgan fingerprint density at radius 1 is 0.310 bits per heavy atom. The van der Waals surface area contributed by atoms with Gasteiger partial charge in [0.15, 0.2) is 0 Å². The van der Waals surface area contributed by atoms with Gasteiger partial charge in [0.1, 0.15) is 0 Å². The molecule has 0 N–H and O–H groups in total. The van der Waals surface area contributed by atoms with Crippen LogP contribution in [0.5, 0.6) is 0 Å². The van der Waals surface area contributed by atoms with Gasteiger partial charge < -0.3 is 18.6 Å². The molecule has 0 spiro atoms. The number of para-hydroxylation sites is 2. The topological polar surface area (TPSA) is 15.3 Å². The summed E-state index contributed by atoms with van der Waals surface area (Å²) in [6.45, 7) is 4.53. The lowest BCUT2D eigenvalue weighted by atomic mass is 9.84. The minimum absolute atomic E-state index is 0.628. The molecule has 4 heterocycles. The lowest BCUT2D eigenvalue weighted by molar-refractivity contribution is 0.443. The molecule has 4 aromatic heterocycles. The largest absolute Gasteiger partial charge is 0.309 e. The minimum Gasteiger partial charge on any atom is -0.309 e. The zero-order chi connectivity index (χ0) is 55.6. The first kappa shape index (κ1) is 49.2. The van der Waals surface area contributed by atoms with Gasteiger partial charge in [-0.25, -0.2) is 0 Å². The van der Waals surface area contributed by atoms with Crippen LogP contribution in [-0.2, 0) is 0 Å². The molecule has 0 unspecified atom stereocenters. The second kappa shape index (κ2) is 19.6. The maximum Gasteiger partial charge on any atom is 0.0641 e. The summed E-state index contributed by atoms with van der Waals surface area (Å²) in [6.07, 6.45) is 13.1. The number of hydrogen-bond donors (Lipinski definition) is 0. The predicted molar refractivity (Wildman–Crippen MR) is 357 cm³/mol. The van der Waals surface area contributed by atoms with E-state index in [0.29, 0.717) is 11.8 Å². The number of benzene rings is 11. The lowest BCUT2D eigenvalue weighted by Gasteiger charge is -2.30. The van der Waals surface area contributed by atoms with Crippen LogP contribution < -0.4 is 9.80 Å². The fourth-order valence-electron chi connectivity index (χ4n) is 16.0. The molecular weight excluding hydrogens is 1020 g/mol. The molecule has 406 valence electrons. The van der Waals surface area contributed by atoms with Gasteiger partial charge in [0.05, 0.1) is 55.8 Å². The average Bonchev–Trinajstić information content (AvgIpc) is 1.71. The van der Waals surface area contributed by atoms with Crippen molar-refractivity contribution in [3.05, 3.63) is 253 Å². The summed E-state index contributed by atoms with van der Waals surface area (Å²) >= 11 is 0. The molecule has 2 aliphatic carbocycles.